The van der Waals surface area contributed by atoms with Crippen LogP contribution in [0.4, 0.5) is 0 Å². The molecule has 0 aromatic carbocycles. The van der Waals surface area contributed by atoms with Crippen molar-refractivity contribution < 1.29 is 4.52 Å². The van der Waals surface area contributed by atoms with Crippen molar-refractivity contribution in [2.45, 2.75) is 30.9 Å². The van der Waals surface area contributed by atoms with E-state index in [0.29, 0.717) is 5.25 Å². The first-order valence-corrected chi connectivity index (χ1v) is 8.32. The fraction of sp³-hybridized carbons (Fsp3) is 0.818. The topological polar surface area (TPSA) is 64.9 Å². The highest BCUT2D eigenvalue weighted by Crippen LogP contribution is 2.35. The van der Waals surface area contributed by atoms with Crippen LogP contribution < -0.4 is 5.73 Å². The SMILES string of the molecule is NCCCCCc1nc(C2CSCCS2)no1. The molecule has 4 nitrogen and oxygen atoms in total. The Bertz CT molecular complexity index is 326. The molecule has 17 heavy (non-hydrogen) atoms. The van der Waals surface area contributed by atoms with Crippen LogP contribution in [0, 0.1) is 0 Å². The number of aryl methyl sites for hydroxylation is 1. The van der Waals surface area contributed by atoms with Gasteiger partial charge in [0.05, 0.1) is 5.25 Å². The smallest absolute Gasteiger partial charge is 0.226 e. The highest BCUT2D eigenvalue weighted by molar-refractivity contribution is 8.06. The molecule has 1 fully saturated rings. The first-order valence-electron chi connectivity index (χ1n) is 6.12. The normalized spacial score (nSPS) is 20.6. The lowest BCUT2D eigenvalue weighted by atomic mass is 10.2. The summed E-state index contributed by atoms with van der Waals surface area (Å²) in [7, 11) is 0. The minimum atomic E-state index is 0.426. The van der Waals surface area contributed by atoms with Gasteiger partial charge in [-0.3, -0.25) is 0 Å². The van der Waals surface area contributed by atoms with E-state index in [1.165, 1.54) is 11.5 Å². The molecule has 0 aliphatic carbocycles. The van der Waals surface area contributed by atoms with Gasteiger partial charge in [-0.15, -0.1) is 11.8 Å². The van der Waals surface area contributed by atoms with Gasteiger partial charge in [0.1, 0.15) is 0 Å². The Labute approximate surface area is 110 Å². The number of unbranched alkanes of at least 4 members (excludes halogenated alkanes) is 2. The molecule has 0 spiro atoms. The van der Waals surface area contributed by atoms with E-state index in [-0.39, 0.29) is 0 Å². The molecule has 1 aromatic heterocycles. The van der Waals surface area contributed by atoms with Gasteiger partial charge in [-0.25, -0.2) is 0 Å². The molecule has 0 saturated carbocycles. The second kappa shape index (κ2) is 7.28. The molecule has 0 radical (unpaired) electrons. The van der Waals surface area contributed by atoms with E-state index in [1.807, 2.05) is 23.5 Å². The van der Waals surface area contributed by atoms with Crippen LogP contribution in [0.3, 0.4) is 0 Å². The van der Waals surface area contributed by atoms with Crippen molar-refractivity contribution in [1.82, 2.24) is 10.1 Å². The summed E-state index contributed by atoms with van der Waals surface area (Å²) in [6.45, 7) is 0.769. The van der Waals surface area contributed by atoms with E-state index >= 15 is 0 Å². The molecule has 2 rings (SSSR count). The van der Waals surface area contributed by atoms with Gasteiger partial charge in [-0.05, 0) is 19.4 Å². The summed E-state index contributed by atoms with van der Waals surface area (Å²) in [6, 6.07) is 0. The Balaban J connectivity index is 1.78. The zero-order valence-corrected chi connectivity index (χ0v) is 11.6. The minimum absolute atomic E-state index is 0.426. The van der Waals surface area contributed by atoms with E-state index in [9.17, 15) is 0 Å². The zero-order chi connectivity index (χ0) is 11.9. The molecule has 96 valence electrons. The molecule has 2 heterocycles. The monoisotopic (exact) mass is 273 g/mol. The van der Waals surface area contributed by atoms with Crippen molar-refractivity contribution in [3.63, 3.8) is 0 Å². The molecular formula is C11H19N3OS2. The Morgan fingerprint density at radius 3 is 3.00 bits per heavy atom. The van der Waals surface area contributed by atoms with Gasteiger partial charge in [0.25, 0.3) is 0 Å². The number of hydrogen-bond donors (Lipinski definition) is 1. The lowest BCUT2D eigenvalue weighted by Crippen LogP contribution is -2.08. The molecule has 1 saturated heterocycles. The molecule has 1 aliphatic heterocycles. The van der Waals surface area contributed by atoms with Crippen LogP contribution in [-0.2, 0) is 6.42 Å². The van der Waals surface area contributed by atoms with Crippen LogP contribution in [0.2, 0.25) is 0 Å². The molecule has 1 aliphatic rings. The highest BCUT2D eigenvalue weighted by Gasteiger charge is 2.21. The number of aromatic nitrogens is 2. The number of nitrogens with zero attached hydrogens (tertiary/aromatic N) is 2. The summed E-state index contributed by atoms with van der Waals surface area (Å²) < 4.78 is 5.28. The Morgan fingerprint density at radius 2 is 2.24 bits per heavy atom. The van der Waals surface area contributed by atoms with Gasteiger partial charge in [0.2, 0.25) is 5.89 Å². The van der Waals surface area contributed by atoms with Gasteiger partial charge >= 0.3 is 0 Å². The van der Waals surface area contributed by atoms with E-state index in [2.05, 4.69) is 10.1 Å². The Kier molecular flexibility index (Phi) is 5.67. The summed E-state index contributed by atoms with van der Waals surface area (Å²) in [5.74, 6) is 5.21. The van der Waals surface area contributed by atoms with E-state index < -0.39 is 0 Å². The van der Waals surface area contributed by atoms with E-state index in [1.54, 1.807) is 0 Å². The molecule has 6 heteroatoms. The summed E-state index contributed by atoms with van der Waals surface area (Å²) in [5, 5.41) is 4.52. The van der Waals surface area contributed by atoms with Crippen molar-refractivity contribution >= 4 is 23.5 Å². The summed E-state index contributed by atoms with van der Waals surface area (Å²) in [5.41, 5.74) is 5.45. The Hall–Kier alpha value is -0.200. The van der Waals surface area contributed by atoms with Crippen LogP contribution in [-0.4, -0.2) is 33.9 Å². The largest absolute Gasteiger partial charge is 0.339 e. The fourth-order valence-electron chi connectivity index (χ4n) is 1.73. The molecule has 1 atom stereocenters. The number of rotatable bonds is 6. The maximum atomic E-state index is 5.45. The fourth-order valence-corrected chi connectivity index (χ4v) is 4.32. The number of hydrogen-bond acceptors (Lipinski definition) is 6. The third-order valence-corrected chi connectivity index (χ3v) is 5.43. The van der Waals surface area contributed by atoms with Crippen molar-refractivity contribution in [1.29, 1.82) is 0 Å². The second-order valence-corrected chi connectivity index (χ2v) is 6.54. The highest BCUT2D eigenvalue weighted by atomic mass is 32.2. The number of thioether (sulfide) groups is 2. The zero-order valence-electron chi connectivity index (χ0n) is 9.93. The third-order valence-electron chi connectivity index (χ3n) is 2.68. The molecule has 2 N–H and O–H groups in total. The first-order chi connectivity index (χ1) is 8.40. The minimum Gasteiger partial charge on any atom is -0.339 e. The quantitative estimate of drug-likeness (QED) is 0.802. The van der Waals surface area contributed by atoms with Gasteiger partial charge < -0.3 is 10.3 Å². The maximum Gasteiger partial charge on any atom is 0.226 e. The van der Waals surface area contributed by atoms with Crippen LogP contribution in [0.15, 0.2) is 4.52 Å². The molecule has 0 amide bonds. The van der Waals surface area contributed by atoms with Crippen LogP contribution in [0.5, 0.6) is 0 Å². The second-order valence-electron chi connectivity index (χ2n) is 4.08. The number of nitrogens with two attached hydrogens (primary N) is 1. The third kappa shape index (κ3) is 4.19. The Morgan fingerprint density at radius 1 is 1.29 bits per heavy atom. The summed E-state index contributed by atoms with van der Waals surface area (Å²) in [4.78, 5) is 4.49. The van der Waals surface area contributed by atoms with Crippen LogP contribution in [0.25, 0.3) is 0 Å². The average molecular weight is 273 g/mol. The summed E-state index contributed by atoms with van der Waals surface area (Å²) >= 11 is 3.91. The lowest BCUT2D eigenvalue weighted by Gasteiger charge is -2.16. The predicted molar refractivity (Wildman–Crippen MR) is 73.4 cm³/mol. The van der Waals surface area contributed by atoms with Crippen LogP contribution in [0.1, 0.15) is 36.2 Å². The maximum absolute atomic E-state index is 5.45. The van der Waals surface area contributed by atoms with Gasteiger partial charge in [0.15, 0.2) is 5.82 Å². The van der Waals surface area contributed by atoms with Gasteiger partial charge in [-0.2, -0.15) is 16.7 Å². The van der Waals surface area contributed by atoms with Gasteiger partial charge in [-0.1, -0.05) is 11.6 Å². The van der Waals surface area contributed by atoms with E-state index in [0.717, 1.165) is 49.7 Å². The lowest BCUT2D eigenvalue weighted by molar-refractivity contribution is 0.369. The molecule has 1 unspecified atom stereocenters. The molecule has 1 aromatic rings. The summed E-state index contributed by atoms with van der Waals surface area (Å²) in [6.07, 6.45) is 4.20. The van der Waals surface area contributed by atoms with Crippen molar-refractivity contribution in [2.24, 2.45) is 5.73 Å². The molecule has 0 bridgehead atoms. The van der Waals surface area contributed by atoms with Gasteiger partial charge in [0, 0.05) is 23.7 Å². The predicted octanol–water partition coefficient (Wildman–Crippen LogP) is 2.26. The average Bonchev–Trinajstić information content (AvgIpc) is 2.85. The van der Waals surface area contributed by atoms with Crippen molar-refractivity contribution in [3.8, 4) is 0 Å². The van der Waals surface area contributed by atoms with E-state index in [4.69, 9.17) is 10.3 Å². The van der Waals surface area contributed by atoms with Crippen molar-refractivity contribution in [2.75, 3.05) is 23.8 Å². The first kappa shape index (κ1) is 13.2. The standard InChI is InChI=1S/C11H19N3OS2/c12-5-3-1-2-4-10-13-11(14-15-10)9-8-16-6-7-17-9/h9H,1-8,12H2. The van der Waals surface area contributed by atoms with Crippen LogP contribution >= 0.6 is 23.5 Å². The molecular weight excluding hydrogens is 254 g/mol. The van der Waals surface area contributed by atoms with Crippen molar-refractivity contribution in [3.05, 3.63) is 11.7 Å².